The smallest absolute Gasteiger partial charge is 0.238 e. The van der Waals surface area contributed by atoms with Crippen molar-refractivity contribution in [1.29, 1.82) is 0 Å². The van der Waals surface area contributed by atoms with Gasteiger partial charge >= 0.3 is 0 Å². The van der Waals surface area contributed by atoms with E-state index in [4.69, 9.17) is 21.1 Å². The Hall–Kier alpha value is -1.47. The molecule has 1 atom stereocenters. The van der Waals surface area contributed by atoms with Crippen molar-refractivity contribution in [3.8, 4) is 11.5 Å². The van der Waals surface area contributed by atoms with Gasteiger partial charge in [-0.15, -0.1) is 0 Å². The van der Waals surface area contributed by atoms with Gasteiger partial charge in [0.1, 0.15) is 18.5 Å². The Labute approximate surface area is 152 Å². The van der Waals surface area contributed by atoms with Crippen molar-refractivity contribution in [3.05, 3.63) is 17.2 Å². The van der Waals surface area contributed by atoms with E-state index in [0.29, 0.717) is 24.7 Å². The number of carbonyl (C=O) groups excluding carboxylic acids is 1. The summed E-state index contributed by atoms with van der Waals surface area (Å²) in [6.07, 6.45) is 5.06. The van der Waals surface area contributed by atoms with Crippen LogP contribution in [0.25, 0.3) is 0 Å². The summed E-state index contributed by atoms with van der Waals surface area (Å²) in [6.45, 7) is 2.11. The number of rotatable bonds is 4. The second-order valence-electron chi connectivity index (χ2n) is 6.46. The summed E-state index contributed by atoms with van der Waals surface area (Å²) in [5, 5.41) is 1.66. The second-order valence-corrected chi connectivity index (χ2v) is 9.10. The van der Waals surface area contributed by atoms with E-state index >= 15 is 0 Å². The number of hydrogen-bond acceptors (Lipinski definition) is 5. The molecule has 6 nitrogen and oxygen atoms in total. The third-order valence-electron chi connectivity index (χ3n) is 4.69. The van der Waals surface area contributed by atoms with Crippen LogP contribution in [0.1, 0.15) is 39.0 Å². The van der Waals surface area contributed by atoms with Gasteiger partial charge in [-0.25, -0.2) is 8.42 Å². The molecule has 25 heavy (non-hydrogen) atoms. The Morgan fingerprint density at radius 2 is 1.76 bits per heavy atom. The molecule has 1 unspecified atom stereocenters. The Morgan fingerprint density at radius 3 is 2.40 bits per heavy atom. The van der Waals surface area contributed by atoms with Crippen LogP contribution in [0.3, 0.4) is 0 Å². The fourth-order valence-corrected chi connectivity index (χ4v) is 4.97. The summed E-state index contributed by atoms with van der Waals surface area (Å²) >= 11 is 6.14. The molecule has 1 heterocycles. The molecule has 8 heteroatoms. The maximum Gasteiger partial charge on any atom is 0.238 e. The standard InChI is InChI=1S/C17H22ClNO5S/c1-11(17(20)19-12-5-3-2-4-6-12)25(21,22)16-10-15-14(9-13(16)18)23-7-8-24-15/h9-12H,2-8H2,1H3,(H,19,20). The Kier molecular flexibility index (Phi) is 5.43. The zero-order valence-corrected chi connectivity index (χ0v) is 15.7. The number of fused-ring (bicyclic) bond motifs is 1. The van der Waals surface area contributed by atoms with Gasteiger partial charge in [0.2, 0.25) is 5.91 Å². The lowest BCUT2D eigenvalue weighted by atomic mass is 9.95. The monoisotopic (exact) mass is 387 g/mol. The molecule has 1 aliphatic carbocycles. The average molecular weight is 388 g/mol. The predicted molar refractivity (Wildman–Crippen MR) is 94.1 cm³/mol. The van der Waals surface area contributed by atoms with Gasteiger partial charge in [0.05, 0.1) is 9.92 Å². The van der Waals surface area contributed by atoms with Crippen LogP contribution in [0, 0.1) is 0 Å². The van der Waals surface area contributed by atoms with E-state index in [0.717, 1.165) is 32.1 Å². The van der Waals surface area contributed by atoms with Crippen LogP contribution in [0.4, 0.5) is 0 Å². The number of hydrogen-bond donors (Lipinski definition) is 1. The topological polar surface area (TPSA) is 81.7 Å². The first-order valence-electron chi connectivity index (χ1n) is 8.53. The Bertz CT molecular complexity index is 759. The quantitative estimate of drug-likeness (QED) is 0.858. The molecule has 0 bridgehead atoms. The van der Waals surface area contributed by atoms with Gasteiger partial charge in [-0.1, -0.05) is 30.9 Å². The van der Waals surface area contributed by atoms with Crippen LogP contribution >= 0.6 is 11.6 Å². The maximum atomic E-state index is 12.9. The van der Waals surface area contributed by atoms with E-state index in [1.165, 1.54) is 19.1 Å². The third kappa shape index (κ3) is 3.87. The molecule has 1 aromatic rings. The average Bonchev–Trinajstić information content (AvgIpc) is 2.61. The number of amides is 1. The third-order valence-corrected chi connectivity index (χ3v) is 7.21. The number of nitrogens with one attached hydrogen (secondary N) is 1. The highest BCUT2D eigenvalue weighted by Gasteiger charge is 2.34. The highest BCUT2D eigenvalue weighted by molar-refractivity contribution is 7.92. The van der Waals surface area contributed by atoms with Gasteiger partial charge in [0.15, 0.2) is 21.3 Å². The minimum Gasteiger partial charge on any atom is -0.486 e. The second kappa shape index (κ2) is 7.41. The fourth-order valence-electron chi connectivity index (χ4n) is 3.16. The molecule has 1 aromatic carbocycles. The molecule has 0 spiro atoms. The molecule has 138 valence electrons. The SMILES string of the molecule is CC(C(=O)NC1CCCCC1)S(=O)(=O)c1cc2c(cc1Cl)OCCO2. The minimum absolute atomic E-state index is 0.0292. The van der Waals surface area contributed by atoms with E-state index in [9.17, 15) is 13.2 Å². The van der Waals surface area contributed by atoms with Gasteiger partial charge < -0.3 is 14.8 Å². The van der Waals surface area contributed by atoms with Crippen LogP contribution in [-0.4, -0.2) is 38.8 Å². The molecule has 1 saturated carbocycles. The van der Waals surface area contributed by atoms with E-state index in [1.807, 2.05) is 0 Å². The number of ether oxygens (including phenoxy) is 2. The molecule has 3 rings (SSSR count). The molecule has 1 amide bonds. The van der Waals surface area contributed by atoms with Gasteiger partial charge in [0, 0.05) is 18.2 Å². The number of benzene rings is 1. The molecular weight excluding hydrogens is 366 g/mol. The first kappa shape index (κ1) is 18.3. The summed E-state index contributed by atoms with van der Waals surface area (Å²) in [6, 6.07) is 2.82. The Morgan fingerprint density at radius 1 is 1.16 bits per heavy atom. The molecule has 0 radical (unpaired) electrons. The van der Waals surface area contributed by atoms with Gasteiger partial charge in [-0.2, -0.15) is 0 Å². The lowest BCUT2D eigenvalue weighted by Crippen LogP contribution is -2.44. The van der Waals surface area contributed by atoms with Gasteiger partial charge in [0.25, 0.3) is 0 Å². The van der Waals surface area contributed by atoms with Gasteiger partial charge in [-0.05, 0) is 19.8 Å². The molecular formula is C17H22ClNO5S. The number of sulfone groups is 1. The van der Waals surface area contributed by atoms with Crippen molar-refractivity contribution in [1.82, 2.24) is 5.32 Å². The lowest BCUT2D eigenvalue weighted by Gasteiger charge is -2.25. The number of carbonyl (C=O) groups is 1. The zero-order valence-electron chi connectivity index (χ0n) is 14.1. The lowest BCUT2D eigenvalue weighted by molar-refractivity contribution is -0.121. The van der Waals surface area contributed by atoms with Crippen molar-refractivity contribution in [2.45, 2.75) is 55.2 Å². The molecule has 0 saturated heterocycles. The molecule has 2 aliphatic rings. The first-order valence-corrected chi connectivity index (χ1v) is 10.5. The highest BCUT2D eigenvalue weighted by atomic mass is 35.5. The van der Waals surface area contributed by atoms with Crippen molar-refractivity contribution < 1.29 is 22.7 Å². The van der Waals surface area contributed by atoms with Crippen molar-refractivity contribution in [2.24, 2.45) is 0 Å². The van der Waals surface area contributed by atoms with Crippen LogP contribution < -0.4 is 14.8 Å². The normalized spacial score (nSPS) is 19.3. The van der Waals surface area contributed by atoms with E-state index in [-0.39, 0.29) is 16.0 Å². The largest absolute Gasteiger partial charge is 0.486 e. The first-order chi connectivity index (χ1) is 11.9. The van der Waals surface area contributed by atoms with Crippen LogP contribution in [0.2, 0.25) is 5.02 Å². The molecule has 1 aliphatic heterocycles. The van der Waals surface area contributed by atoms with Gasteiger partial charge in [-0.3, -0.25) is 4.79 Å². The van der Waals surface area contributed by atoms with E-state index < -0.39 is 21.0 Å². The molecule has 1 fully saturated rings. The van der Waals surface area contributed by atoms with Crippen LogP contribution in [0.5, 0.6) is 11.5 Å². The fraction of sp³-hybridized carbons (Fsp3) is 0.588. The molecule has 1 N–H and O–H groups in total. The van der Waals surface area contributed by atoms with Crippen molar-refractivity contribution in [2.75, 3.05) is 13.2 Å². The number of halogens is 1. The maximum absolute atomic E-state index is 12.9. The Balaban J connectivity index is 1.81. The summed E-state index contributed by atoms with van der Waals surface area (Å²) < 4.78 is 36.6. The molecule has 0 aromatic heterocycles. The van der Waals surface area contributed by atoms with E-state index in [2.05, 4.69) is 5.32 Å². The summed E-state index contributed by atoms with van der Waals surface area (Å²) in [5.74, 6) is 0.251. The van der Waals surface area contributed by atoms with Crippen LogP contribution in [0.15, 0.2) is 17.0 Å². The summed E-state index contributed by atoms with van der Waals surface area (Å²) in [5.41, 5.74) is 0. The van der Waals surface area contributed by atoms with Crippen molar-refractivity contribution >= 4 is 27.3 Å². The van der Waals surface area contributed by atoms with Crippen LogP contribution in [-0.2, 0) is 14.6 Å². The van der Waals surface area contributed by atoms with Crippen molar-refractivity contribution in [3.63, 3.8) is 0 Å². The minimum atomic E-state index is -3.93. The summed E-state index contributed by atoms with van der Waals surface area (Å²) in [7, 11) is -3.93. The zero-order chi connectivity index (χ0) is 18.0. The summed E-state index contributed by atoms with van der Waals surface area (Å²) in [4.78, 5) is 12.3. The highest BCUT2D eigenvalue weighted by Crippen LogP contribution is 2.38. The predicted octanol–water partition coefficient (Wildman–Crippen LogP) is 2.72. The van der Waals surface area contributed by atoms with E-state index in [1.54, 1.807) is 0 Å².